The zero-order valence-corrected chi connectivity index (χ0v) is 10.0. The molecule has 0 aliphatic heterocycles. The molecule has 4 nitrogen and oxygen atoms in total. The monoisotopic (exact) mass is 262 g/mol. The molecule has 0 radical (unpaired) electrons. The highest BCUT2D eigenvalue weighted by molar-refractivity contribution is 6.42. The minimum atomic E-state index is -0.225. The van der Waals surface area contributed by atoms with Crippen molar-refractivity contribution < 1.29 is 9.53 Å². The van der Waals surface area contributed by atoms with Gasteiger partial charge in [-0.25, -0.2) is 0 Å². The molecule has 0 atom stereocenters. The van der Waals surface area contributed by atoms with Crippen LogP contribution in [0, 0.1) is 0 Å². The van der Waals surface area contributed by atoms with E-state index in [1.165, 1.54) is 0 Å². The molecule has 0 aliphatic rings. The summed E-state index contributed by atoms with van der Waals surface area (Å²) >= 11 is 11.5. The molecule has 0 saturated carbocycles. The molecule has 1 amide bonds. The molecule has 6 heteroatoms. The van der Waals surface area contributed by atoms with Gasteiger partial charge in [-0.15, -0.1) is 0 Å². The van der Waals surface area contributed by atoms with Gasteiger partial charge in [-0.05, 0) is 12.1 Å². The topological polar surface area (TPSA) is 64.3 Å². The van der Waals surface area contributed by atoms with Gasteiger partial charge >= 0.3 is 0 Å². The first-order chi connectivity index (χ1) is 7.63. The third-order valence-electron chi connectivity index (χ3n) is 1.73. The van der Waals surface area contributed by atoms with Gasteiger partial charge in [0.2, 0.25) is 0 Å². The fourth-order valence-electron chi connectivity index (χ4n) is 0.978. The molecule has 16 heavy (non-hydrogen) atoms. The van der Waals surface area contributed by atoms with Gasteiger partial charge < -0.3 is 15.8 Å². The van der Waals surface area contributed by atoms with E-state index in [-0.39, 0.29) is 12.5 Å². The lowest BCUT2D eigenvalue weighted by Crippen LogP contribution is -2.32. The van der Waals surface area contributed by atoms with Crippen LogP contribution in [0.2, 0.25) is 10.0 Å². The standard InChI is InChI=1S/C10H12Cl2N2O2/c11-8-2-1-7(5-9(8)12)16-6-10(15)14-4-3-13/h1-2,5H,3-4,6,13H2,(H,14,15). The van der Waals surface area contributed by atoms with Crippen molar-refractivity contribution in [3.63, 3.8) is 0 Å². The predicted octanol–water partition coefficient (Wildman–Crippen LogP) is 1.45. The molecule has 0 aromatic heterocycles. The molecule has 1 aromatic rings. The van der Waals surface area contributed by atoms with Crippen molar-refractivity contribution in [3.8, 4) is 5.75 Å². The van der Waals surface area contributed by atoms with E-state index < -0.39 is 0 Å². The van der Waals surface area contributed by atoms with Crippen LogP contribution in [-0.2, 0) is 4.79 Å². The van der Waals surface area contributed by atoms with Crippen LogP contribution >= 0.6 is 23.2 Å². The van der Waals surface area contributed by atoms with Gasteiger partial charge in [-0.2, -0.15) is 0 Å². The van der Waals surface area contributed by atoms with Gasteiger partial charge in [0.1, 0.15) is 5.75 Å². The number of rotatable bonds is 5. The third-order valence-corrected chi connectivity index (χ3v) is 2.47. The smallest absolute Gasteiger partial charge is 0.257 e. The summed E-state index contributed by atoms with van der Waals surface area (Å²) in [6.07, 6.45) is 0. The minimum Gasteiger partial charge on any atom is -0.484 e. The lowest BCUT2D eigenvalue weighted by molar-refractivity contribution is -0.123. The Morgan fingerprint density at radius 2 is 2.12 bits per heavy atom. The van der Waals surface area contributed by atoms with Crippen molar-refractivity contribution in [2.75, 3.05) is 19.7 Å². The van der Waals surface area contributed by atoms with E-state index in [2.05, 4.69) is 5.32 Å². The number of nitrogens with one attached hydrogen (secondary N) is 1. The number of carbonyl (C=O) groups is 1. The first kappa shape index (κ1) is 13.1. The second-order valence-electron chi connectivity index (χ2n) is 3.00. The van der Waals surface area contributed by atoms with Crippen LogP contribution < -0.4 is 15.8 Å². The number of halogens is 2. The molecule has 0 spiro atoms. The molecule has 3 N–H and O–H groups in total. The zero-order valence-electron chi connectivity index (χ0n) is 8.50. The molecular formula is C10H12Cl2N2O2. The molecule has 1 aromatic carbocycles. The van der Waals surface area contributed by atoms with Crippen LogP contribution in [0.4, 0.5) is 0 Å². The highest BCUT2D eigenvalue weighted by Crippen LogP contribution is 2.26. The molecule has 0 heterocycles. The number of hydrogen-bond donors (Lipinski definition) is 2. The average Bonchev–Trinajstić information content (AvgIpc) is 2.28. The summed E-state index contributed by atoms with van der Waals surface area (Å²) in [6, 6.07) is 4.81. The molecule has 88 valence electrons. The summed E-state index contributed by atoms with van der Waals surface area (Å²) in [5, 5.41) is 3.42. The highest BCUT2D eigenvalue weighted by Gasteiger charge is 2.03. The van der Waals surface area contributed by atoms with E-state index in [0.29, 0.717) is 28.9 Å². The van der Waals surface area contributed by atoms with E-state index >= 15 is 0 Å². The number of nitrogens with two attached hydrogens (primary N) is 1. The van der Waals surface area contributed by atoms with Gasteiger partial charge in [-0.3, -0.25) is 4.79 Å². The third kappa shape index (κ3) is 4.26. The lowest BCUT2D eigenvalue weighted by atomic mass is 10.3. The van der Waals surface area contributed by atoms with Crippen LogP contribution in [0.1, 0.15) is 0 Å². The van der Waals surface area contributed by atoms with E-state index in [1.807, 2.05) is 0 Å². The van der Waals surface area contributed by atoms with E-state index in [9.17, 15) is 4.79 Å². The van der Waals surface area contributed by atoms with Crippen LogP contribution in [0.25, 0.3) is 0 Å². The Morgan fingerprint density at radius 3 is 2.75 bits per heavy atom. The van der Waals surface area contributed by atoms with Crippen LogP contribution in [-0.4, -0.2) is 25.6 Å². The summed E-state index contributed by atoms with van der Waals surface area (Å²) < 4.78 is 5.20. The summed E-state index contributed by atoms with van der Waals surface area (Å²) in [5.74, 6) is 0.272. The second kappa shape index (κ2) is 6.58. The maximum Gasteiger partial charge on any atom is 0.257 e. The number of ether oxygens (including phenoxy) is 1. The average molecular weight is 263 g/mol. The molecule has 0 aliphatic carbocycles. The predicted molar refractivity (Wildman–Crippen MR) is 64.0 cm³/mol. The maximum absolute atomic E-state index is 11.2. The van der Waals surface area contributed by atoms with Crippen molar-refractivity contribution in [2.45, 2.75) is 0 Å². The Labute approximate surface area is 104 Å². The van der Waals surface area contributed by atoms with Gasteiger partial charge in [0.05, 0.1) is 10.0 Å². The van der Waals surface area contributed by atoms with E-state index in [1.54, 1.807) is 18.2 Å². The summed E-state index contributed by atoms with van der Waals surface area (Å²) in [6.45, 7) is 0.764. The highest BCUT2D eigenvalue weighted by atomic mass is 35.5. The Kier molecular flexibility index (Phi) is 5.38. The fraction of sp³-hybridized carbons (Fsp3) is 0.300. The quantitative estimate of drug-likeness (QED) is 0.845. The normalized spacial score (nSPS) is 9.94. The molecule has 0 saturated heterocycles. The molecule has 1 rings (SSSR count). The number of benzene rings is 1. The fourth-order valence-corrected chi connectivity index (χ4v) is 1.27. The Hall–Kier alpha value is -0.970. The number of hydrogen-bond acceptors (Lipinski definition) is 3. The van der Waals surface area contributed by atoms with Crippen LogP contribution in [0.5, 0.6) is 5.75 Å². The molecule has 0 fully saturated rings. The van der Waals surface area contributed by atoms with Crippen molar-refractivity contribution in [2.24, 2.45) is 5.73 Å². The number of amides is 1. The Balaban J connectivity index is 2.42. The molecule has 0 unspecified atom stereocenters. The lowest BCUT2D eigenvalue weighted by Gasteiger charge is -2.07. The first-order valence-corrected chi connectivity index (χ1v) is 5.43. The van der Waals surface area contributed by atoms with Crippen LogP contribution in [0.15, 0.2) is 18.2 Å². The maximum atomic E-state index is 11.2. The Bertz CT molecular complexity index is 372. The van der Waals surface area contributed by atoms with E-state index in [0.717, 1.165) is 0 Å². The summed E-state index contributed by atoms with van der Waals surface area (Å²) in [7, 11) is 0. The molecular weight excluding hydrogens is 251 g/mol. The van der Waals surface area contributed by atoms with Gasteiger partial charge in [0, 0.05) is 19.2 Å². The van der Waals surface area contributed by atoms with Gasteiger partial charge in [0.15, 0.2) is 6.61 Å². The first-order valence-electron chi connectivity index (χ1n) is 4.68. The Morgan fingerprint density at radius 1 is 1.38 bits per heavy atom. The zero-order chi connectivity index (χ0) is 12.0. The van der Waals surface area contributed by atoms with Gasteiger partial charge in [-0.1, -0.05) is 23.2 Å². The molecule has 0 bridgehead atoms. The summed E-state index contributed by atoms with van der Waals surface area (Å²) in [5.41, 5.74) is 5.23. The van der Waals surface area contributed by atoms with Crippen molar-refractivity contribution in [1.29, 1.82) is 0 Å². The van der Waals surface area contributed by atoms with Crippen molar-refractivity contribution in [3.05, 3.63) is 28.2 Å². The largest absolute Gasteiger partial charge is 0.484 e. The number of carbonyl (C=O) groups excluding carboxylic acids is 1. The summed E-state index contributed by atoms with van der Waals surface area (Å²) in [4.78, 5) is 11.2. The second-order valence-corrected chi connectivity index (χ2v) is 3.82. The van der Waals surface area contributed by atoms with E-state index in [4.69, 9.17) is 33.7 Å². The van der Waals surface area contributed by atoms with Crippen LogP contribution in [0.3, 0.4) is 0 Å². The minimum absolute atomic E-state index is 0.0715. The SMILES string of the molecule is NCCNC(=O)COc1ccc(Cl)c(Cl)c1. The van der Waals surface area contributed by atoms with Gasteiger partial charge in [0.25, 0.3) is 5.91 Å². The van der Waals surface area contributed by atoms with Crippen molar-refractivity contribution in [1.82, 2.24) is 5.32 Å². The van der Waals surface area contributed by atoms with Crippen molar-refractivity contribution >= 4 is 29.1 Å².